The van der Waals surface area contributed by atoms with Crippen molar-refractivity contribution < 1.29 is 4.79 Å². The molecule has 1 aromatic carbocycles. The van der Waals surface area contributed by atoms with Crippen LogP contribution in [0.3, 0.4) is 0 Å². The second-order valence-corrected chi connectivity index (χ2v) is 8.02. The van der Waals surface area contributed by atoms with E-state index in [0.717, 1.165) is 24.2 Å². The average Bonchev–Trinajstić information content (AvgIpc) is 2.72. The number of benzene rings is 1. The van der Waals surface area contributed by atoms with E-state index in [2.05, 4.69) is 41.0 Å². The van der Waals surface area contributed by atoms with Crippen LogP contribution < -0.4 is 10.2 Å². The maximum atomic E-state index is 12.8. The first kappa shape index (κ1) is 20.5. The van der Waals surface area contributed by atoms with Crippen LogP contribution in [0.4, 0.5) is 11.6 Å². The molecule has 2 aromatic heterocycles. The van der Waals surface area contributed by atoms with Crippen molar-refractivity contribution in [3.05, 3.63) is 77.9 Å². The zero-order valence-corrected chi connectivity index (χ0v) is 17.4. The summed E-state index contributed by atoms with van der Waals surface area (Å²) in [6.45, 7) is 7.11. The molecule has 3 aromatic rings. The summed E-state index contributed by atoms with van der Waals surface area (Å²) in [6.07, 6.45) is 6.03. The molecule has 0 atom stereocenters. The monoisotopic (exact) mass is 389 g/mol. The van der Waals surface area contributed by atoms with E-state index in [0.29, 0.717) is 11.6 Å². The zero-order chi connectivity index (χ0) is 20.9. The maximum absolute atomic E-state index is 12.8. The summed E-state index contributed by atoms with van der Waals surface area (Å²) in [6, 6.07) is 13.5. The van der Waals surface area contributed by atoms with Crippen LogP contribution in [0.15, 0.2) is 61.1 Å². The van der Waals surface area contributed by atoms with Crippen molar-refractivity contribution >= 4 is 17.5 Å². The Kier molecular flexibility index (Phi) is 6.22. The highest BCUT2D eigenvalue weighted by atomic mass is 16.1. The van der Waals surface area contributed by atoms with Crippen LogP contribution in [0.1, 0.15) is 42.4 Å². The second kappa shape index (κ2) is 8.82. The van der Waals surface area contributed by atoms with E-state index in [1.807, 2.05) is 48.3 Å². The van der Waals surface area contributed by atoms with Gasteiger partial charge in [-0.05, 0) is 47.2 Å². The molecule has 0 saturated carbocycles. The Balaban J connectivity index is 1.71. The van der Waals surface area contributed by atoms with Gasteiger partial charge in [-0.15, -0.1) is 0 Å². The first-order valence-electron chi connectivity index (χ1n) is 9.68. The molecule has 6 heteroatoms. The lowest BCUT2D eigenvalue weighted by Gasteiger charge is -2.23. The minimum absolute atomic E-state index is 0.0755. The average molecular weight is 390 g/mol. The summed E-state index contributed by atoms with van der Waals surface area (Å²) in [5.41, 5.74) is 3.34. The van der Waals surface area contributed by atoms with Crippen molar-refractivity contribution in [1.82, 2.24) is 15.0 Å². The van der Waals surface area contributed by atoms with Crippen molar-refractivity contribution in [3.63, 3.8) is 0 Å². The van der Waals surface area contributed by atoms with Crippen molar-refractivity contribution in [1.29, 1.82) is 0 Å². The van der Waals surface area contributed by atoms with Gasteiger partial charge in [-0.25, -0.2) is 9.97 Å². The second-order valence-electron chi connectivity index (χ2n) is 8.02. The van der Waals surface area contributed by atoms with Crippen molar-refractivity contribution in [2.45, 2.75) is 32.6 Å². The van der Waals surface area contributed by atoms with E-state index >= 15 is 0 Å². The Morgan fingerprint density at radius 2 is 1.76 bits per heavy atom. The smallest absolute Gasteiger partial charge is 0.274 e. The van der Waals surface area contributed by atoms with E-state index in [9.17, 15) is 4.79 Å². The lowest BCUT2D eigenvalue weighted by Crippen LogP contribution is -2.24. The molecule has 0 spiro atoms. The number of nitrogens with one attached hydrogen (secondary N) is 1. The molecule has 2 heterocycles. The molecule has 0 unspecified atom stereocenters. The van der Waals surface area contributed by atoms with E-state index in [4.69, 9.17) is 0 Å². The number of carbonyl (C=O) groups is 1. The SMILES string of the molecule is CN(CCc1ccncc1)c1nccc(C(=O)Nc2ccccc2C(C)(C)C)n1. The summed E-state index contributed by atoms with van der Waals surface area (Å²) in [4.78, 5) is 27.6. The van der Waals surface area contributed by atoms with E-state index in [1.165, 1.54) is 5.56 Å². The van der Waals surface area contributed by atoms with Gasteiger partial charge in [-0.2, -0.15) is 0 Å². The van der Waals surface area contributed by atoms with E-state index in [-0.39, 0.29) is 11.3 Å². The highest BCUT2D eigenvalue weighted by molar-refractivity contribution is 6.03. The number of hydrogen-bond acceptors (Lipinski definition) is 5. The Hall–Kier alpha value is -3.28. The molecular weight excluding hydrogens is 362 g/mol. The summed E-state index contributed by atoms with van der Waals surface area (Å²) in [5, 5.41) is 3.00. The Morgan fingerprint density at radius 1 is 1.03 bits per heavy atom. The standard InChI is InChI=1S/C23H27N5O/c1-23(2,3)18-7-5-6-8-19(18)26-21(29)20-11-15-25-22(27-20)28(4)16-12-17-9-13-24-14-10-17/h5-11,13-15H,12,16H2,1-4H3,(H,26,29). The molecule has 150 valence electrons. The first-order chi connectivity index (χ1) is 13.8. The van der Waals surface area contributed by atoms with Crippen molar-refractivity contribution in [2.24, 2.45) is 0 Å². The molecule has 0 radical (unpaired) electrons. The highest BCUT2D eigenvalue weighted by Gasteiger charge is 2.19. The fourth-order valence-electron chi connectivity index (χ4n) is 3.04. The fraction of sp³-hybridized carbons (Fsp3) is 0.304. The van der Waals surface area contributed by atoms with Crippen molar-refractivity contribution in [2.75, 3.05) is 23.8 Å². The molecule has 0 bridgehead atoms. The Morgan fingerprint density at radius 3 is 2.48 bits per heavy atom. The van der Waals surface area contributed by atoms with Crippen LogP contribution in [-0.2, 0) is 11.8 Å². The molecule has 0 aliphatic carbocycles. The van der Waals surface area contributed by atoms with Gasteiger partial charge >= 0.3 is 0 Å². The molecule has 0 aliphatic heterocycles. The summed E-state index contributed by atoms with van der Waals surface area (Å²) < 4.78 is 0. The van der Waals surface area contributed by atoms with Crippen LogP contribution in [0.5, 0.6) is 0 Å². The largest absolute Gasteiger partial charge is 0.344 e. The normalized spacial score (nSPS) is 11.2. The van der Waals surface area contributed by atoms with Gasteiger partial charge in [0.05, 0.1) is 0 Å². The number of anilines is 2. The number of likely N-dealkylation sites (N-methyl/N-ethyl adjacent to an activating group) is 1. The number of pyridine rings is 1. The van der Waals surface area contributed by atoms with Gasteiger partial charge in [0.25, 0.3) is 5.91 Å². The van der Waals surface area contributed by atoms with Crippen LogP contribution in [0.2, 0.25) is 0 Å². The Bertz CT molecular complexity index is 966. The van der Waals surface area contributed by atoms with Gasteiger partial charge < -0.3 is 10.2 Å². The molecule has 3 rings (SSSR count). The van der Waals surface area contributed by atoms with Gasteiger partial charge in [-0.3, -0.25) is 9.78 Å². The van der Waals surface area contributed by atoms with Crippen LogP contribution >= 0.6 is 0 Å². The van der Waals surface area contributed by atoms with Gasteiger partial charge in [-0.1, -0.05) is 39.0 Å². The first-order valence-corrected chi connectivity index (χ1v) is 9.68. The van der Waals surface area contributed by atoms with E-state index in [1.54, 1.807) is 24.7 Å². The number of hydrogen-bond donors (Lipinski definition) is 1. The van der Waals surface area contributed by atoms with Gasteiger partial charge in [0.15, 0.2) is 0 Å². The topological polar surface area (TPSA) is 71.0 Å². The molecule has 1 N–H and O–H groups in total. The third kappa shape index (κ3) is 5.38. The molecule has 1 amide bonds. The van der Waals surface area contributed by atoms with Gasteiger partial charge in [0.1, 0.15) is 5.69 Å². The summed E-state index contributed by atoms with van der Waals surface area (Å²) in [5.74, 6) is 0.281. The van der Waals surface area contributed by atoms with Crippen LogP contribution in [0.25, 0.3) is 0 Å². The molecule has 6 nitrogen and oxygen atoms in total. The number of nitrogens with zero attached hydrogens (tertiary/aromatic N) is 4. The zero-order valence-electron chi connectivity index (χ0n) is 17.4. The number of aromatic nitrogens is 3. The minimum Gasteiger partial charge on any atom is -0.344 e. The minimum atomic E-state index is -0.243. The predicted molar refractivity (Wildman–Crippen MR) is 116 cm³/mol. The molecule has 0 fully saturated rings. The molecule has 0 saturated heterocycles. The Labute approximate surface area is 172 Å². The summed E-state index contributed by atoms with van der Waals surface area (Å²) in [7, 11) is 1.92. The van der Waals surface area contributed by atoms with E-state index < -0.39 is 0 Å². The fourth-order valence-corrected chi connectivity index (χ4v) is 3.04. The quantitative estimate of drug-likeness (QED) is 0.687. The lowest BCUT2D eigenvalue weighted by atomic mass is 9.86. The molecule has 29 heavy (non-hydrogen) atoms. The van der Waals surface area contributed by atoms with Crippen LogP contribution in [-0.4, -0.2) is 34.5 Å². The van der Waals surface area contributed by atoms with Crippen LogP contribution in [0, 0.1) is 0 Å². The van der Waals surface area contributed by atoms with Gasteiger partial charge in [0.2, 0.25) is 5.95 Å². The maximum Gasteiger partial charge on any atom is 0.274 e. The summed E-state index contributed by atoms with van der Waals surface area (Å²) >= 11 is 0. The number of para-hydroxylation sites is 1. The third-order valence-electron chi connectivity index (χ3n) is 4.69. The number of rotatable bonds is 6. The molecular formula is C23H27N5O. The lowest BCUT2D eigenvalue weighted by molar-refractivity contribution is 0.102. The number of carbonyl (C=O) groups excluding carboxylic acids is 1. The van der Waals surface area contributed by atoms with Crippen molar-refractivity contribution in [3.8, 4) is 0 Å². The third-order valence-corrected chi connectivity index (χ3v) is 4.69. The number of amides is 1. The molecule has 0 aliphatic rings. The highest BCUT2D eigenvalue weighted by Crippen LogP contribution is 2.29. The van der Waals surface area contributed by atoms with Gasteiger partial charge in [0, 0.05) is 37.9 Å². The predicted octanol–water partition coefficient (Wildman–Crippen LogP) is 4.10.